The Balaban J connectivity index is 1.73. The molecule has 1 saturated heterocycles. The van der Waals surface area contributed by atoms with E-state index in [2.05, 4.69) is 11.8 Å². The zero-order valence-electron chi connectivity index (χ0n) is 20.4. The number of piperazine rings is 1. The van der Waals surface area contributed by atoms with E-state index in [1.54, 1.807) is 4.57 Å². The van der Waals surface area contributed by atoms with Crippen LogP contribution in [0.5, 0.6) is 5.75 Å². The van der Waals surface area contributed by atoms with E-state index in [1.807, 2.05) is 67.3 Å². The molecule has 180 valence electrons. The zero-order chi connectivity index (χ0) is 24.1. The van der Waals surface area contributed by atoms with Crippen LogP contribution >= 0.6 is 0 Å². The predicted octanol–water partition coefficient (Wildman–Crippen LogP) is 4.18. The minimum absolute atomic E-state index is 0.0349. The monoisotopic (exact) mass is 462 g/mol. The van der Waals surface area contributed by atoms with Gasteiger partial charge in [-0.2, -0.15) is 0 Å². The number of hydrogen-bond donors (Lipinski definition) is 0. The van der Waals surface area contributed by atoms with Gasteiger partial charge >= 0.3 is 0 Å². The second-order valence-corrected chi connectivity index (χ2v) is 8.65. The molecule has 1 fully saturated rings. The number of para-hydroxylation sites is 1. The average Bonchev–Trinajstić information content (AvgIpc) is 2.86. The third-order valence-electron chi connectivity index (χ3n) is 6.46. The summed E-state index contributed by atoms with van der Waals surface area (Å²) in [6, 6.07) is 15.1. The van der Waals surface area contributed by atoms with Gasteiger partial charge in [0.15, 0.2) is 0 Å². The average molecular weight is 463 g/mol. The molecule has 7 nitrogen and oxygen atoms in total. The number of nitrogens with zero attached hydrogens (tertiary/aromatic N) is 4. The number of amides is 1. The highest BCUT2D eigenvalue weighted by Crippen LogP contribution is 2.27. The largest absolute Gasteiger partial charge is 0.494 e. The lowest BCUT2D eigenvalue weighted by atomic mass is 10.1. The fourth-order valence-corrected chi connectivity index (χ4v) is 4.74. The highest BCUT2D eigenvalue weighted by Gasteiger charge is 2.29. The first-order valence-corrected chi connectivity index (χ1v) is 12.3. The van der Waals surface area contributed by atoms with Crippen molar-refractivity contribution in [3.05, 3.63) is 64.7 Å². The Morgan fingerprint density at radius 3 is 2.35 bits per heavy atom. The normalized spacial score (nSPS) is 15.4. The maximum atomic E-state index is 13.7. The van der Waals surface area contributed by atoms with Crippen molar-refractivity contribution in [3.8, 4) is 11.4 Å². The van der Waals surface area contributed by atoms with Crippen LogP contribution in [0.3, 0.4) is 0 Å². The third-order valence-corrected chi connectivity index (χ3v) is 6.46. The summed E-state index contributed by atoms with van der Waals surface area (Å²) in [5, 5.41) is 0.602. The molecule has 2 aromatic carbocycles. The van der Waals surface area contributed by atoms with Crippen LogP contribution < -0.4 is 10.3 Å². The van der Waals surface area contributed by atoms with Crippen molar-refractivity contribution < 1.29 is 9.53 Å². The third kappa shape index (κ3) is 4.85. The van der Waals surface area contributed by atoms with Crippen molar-refractivity contribution in [1.29, 1.82) is 0 Å². The van der Waals surface area contributed by atoms with Crippen molar-refractivity contribution in [2.45, 2.75) is 46.1 Å². The minimum atomic E-state index is -0.0695. The van der Waals surface area contributed by atoms with E-state index in [-0.39, 0.29) is 17.5 Å². The smallest absolute Gasteiger partial charge is 0.266 e. The van der Waals surface area contributed by atoms with Gasteiger partial charge in [-0.05, 0) is 56.2 Å². The summed E-state index contributed by atoms with van der Waals surface area (Å²) < 4.78 is 7.35. The van der Waals surface area contributed by atoms with Gasteiger partial charge in [0, 0.05) is 32.6 Å². The number of benzene rings is 2. The standard InChI is InChI=1S/C27H34N4O3/c1-4-9-25(32)30-18-16-29(17-19-30)24(5-2)26-28-23-11-8-7-10-22(23)27(33)31(26)20-12-14-21(15-13-20)34-6-3/h7-8,10-15,24H,4-6,9,16-19H2,1-3H3. The molecule has 0 aliphatic carbocycles. The topological polar surface area (TPSA) is 67.7 Å². The summed E-state index contributed by atoms with van der Waals surface area (Å²) in [7, 11) is 0. The molecule has 0 radical (unpaired) electrons. The molecule has 2 heterocycles. The highest BCUT2D eigenvalue weighted by atomic mass is 16.5. The summed E-state index contributed by atoms with van der Waals surface area (Å²) in [5.41, 5.74) is 1.41. The molecule has 1 aliphatic rings. The summed E-state index contributed by atoms with van der Waals surface area (Å²) in [5.74, 6) is 1.74. The fraction of sp³-hybridized carbons (Fsp3) is 0.444. The van der Waals surface area contributed by atoms with E-state index < -0.39 is 0 Å². The minimum Gasteiger partial charge on any atom is -0.494 e. The van der Waals surface area contributed by atoms with Crippen molar-refractivity contribution in [2.24, 2.45) is 0 Å². The highest BCUT2D eigenvalue weighted by molar-refractivity contribution is 5.78. The molecule has 1 unspecified atom stereocenters. The number of hydrogen-bond acceptors (Lipinski definition) is 5. The van der Waals surface area contributed by atoms with Gasteiger partial charge in [-0.15, -0.1) is 0 Å². The van der Waals surface area contributed by atoms with Crippen LogP contribution in [0.1, 0.15) is 51.9 Å². The number of fused-ring (bicyclic) bond motifs is 1. The molecule has 34 heavy (non-hydrogen) atoms. The van der Waals surface area contributed by atoms with E-state index in [4.69, 9.17) is 9.72 Å². The Morgan fingerprint density at radius 1 is 1.00 bits per heavy atom. The van der Waals surface area contributed by atoms with E-state index >= 15 is 0 Å². The maximum absolute atomic E-state index is 13.7. The van der Waals surface area contributed by atoms with Gasteiger partial charge < -0.3 is 9.64 Å². The van der Waals surface area contributed by atoms with E-state index in [0.717, 1.165) is 43.2 Å². The molecular weight excluding hydrogens is 428 g/mol. The van der Waals surface area contributed by atoms with Gasteiger partial charge in [-0.3, -0.25) is 19.1 Å². The first-order chi connectivity index (χ1) is 16.6. The summed E-state index contributed by atoms with van der Waals surface area (Å²) >= 11 is 0. The first-order valence-electron chi connectivity index (χ1n) is 12.3. The van der Waals surface area contributed by atoms with Crippen LogP contribution in [0.25, 0.3) is 16.6 Å². The predicted molar refractivity (Wildman–Crippen MR) is 135 cm³/mol. The number of rotatable bonds is 8. The van der Waals surface area contributed by atoms with Gasteiger partial charge in [0.2, 0.25) is 5.91 Å². The Morgan fingerprint density at radius 2 is 1.71 bits per heavy atom. The van der Waals surface area contributed by atoms with Crippen molar-refractivity contribution in [3.63, 3.8) is 0 Å². The van der Waals surface area contributed by atoms with E-state index in [0.29, 0.717) is 37.0 Å². The Labute approximate surface area is 201 Å². The van der Waals surface area contributed by atoms with Crippen LogP contribution in [0, 0.1) is 0 Å². The van der Waals surface area contributed by atoms with Crippen LogP contribution in [-0.4, -0.2) is 58.0 Å². The fourth-order valence-electron chi connectivity index (χ4n) is 4.74. The summed E-state index contributed by atoms with van der Waals surface area (Å²) in [6.07, 6.45) is 2.28. The lowest BCUT2D eigenvalue weighted by Gasteiger charge is -2.39. The SMILES string of the molecule is CCCC(=O)N1CCN(C(CC)c2nc3ccccc3c(=O)n2-c2ccc(OCC)cc2)CC1. The molecule has 1 aliphatic heterocycles. The molecule has 0 saturated carbocycles. The lowest BCUT2D eigenvalue weighted by molar-refractivity contribution is -0.133. The zero-order valence-corrected chi connectivity index (χ0v) is 20.4. The maximum Gasteiger partial charge on any atom is 0.266 e. The van der Waals surface area contributed by atoms with E-state index in [9.17, 15) is 9.59 Å². The molecular formula is C27H34N4O3. The quantitative estimate of drug-likeness (QED) is 0.502. The van der Waals surface area contributed by atoms with Crippen LogP contribution in [0.4, 0.5) is 0 Å². The molecule has 1 atom stereocenters. The number of carbonyl (C=O) groups is 1. The van der Waals surface area contributed by atoms with E-state index in [1.165, 1.54) is 0 Å². The van der Waals surface area contributed by atoms with Crippen LogP contribution in [-0.2, 0) is 4.79 Å². The molecule has 0 bridgehead atoms. The van der Waals surface area contributed by atoms with Gasteiger partial charge in [-0.25, -0.2) is 4.98 Å². The lowest BCUT2D eigenvalue weighted by Crippen LogP contribution is -2.50. The Kier molecular flexibility index (Phi) is 7.63. The number of carbonyl (C=O) groups excluding carboxylic acids is 1. The van der Waals surface area contributed by atoms with Gasteiger partial charge in [0.1, 0.15) is 11.6 Å². The molecule has 1 amide bonds. The Hall–Kier alpha value is -3.19. The van der Waals surface area contributed by atoms with Crippen molar-refractivity contribution >= 4 is 16.8 Å². The molecule has 7 heteroatoms. The molecule has 0 spiro atoms. The Bertz CT molecular complexity index is 1180. The summed E-state index contributed by atoms with van der Waals surface area (Å²) in [4.78, 5) is 35.4. The summed E-state index contributed by atoms with van der Waals surface area (Å²) in [6.45, 7) is 9.64. The van der Waals surface area contributed by atoms with Crippen LogP contribution in [0.2, 0.25) is 0 Å². The molecule has 4 rings (SSSR count). The second-order valence-electron chi connectivity index (χ2n) is 8.65. The van der Waals surface area contributed by atoms with Crippen molar-refractivity contribution in [1.82, 2.24) is 19.4 Å². The molecule has 1 aromatic heterocycles. The van der Waals surface area contributed by atoms with Crippen molar-refractivity contribution in [2.75, 3.05) is 32.8 Å². The van der Waals surface area contributed by atoms with Gasteiger partial charge in [-0.1, -0.05) is 26.0 Å². The second kappa shape index (κ2) is 10.8. The first kappa shape index (κ1) is 24.0. The van der Waals surface area contributed by atoms with Gasteiger partial charge in [0.25, 0.3) is 5.56 Å². The number of aromatic nitrogens is 2. The molecule has 0 N–H and O–H groups in total. The van der Waals surface area contributed by atoms with Gasteiger partial charge in [0.05, 0.1) is 29.2 Å². The van der Waals surface area contributed by atoms with Crippen LogP contribution in [0.15, 0.2) is 53.3 Å². The number of ether oxygens (including phenoxy) is 1. The molecule has 3 aromatic rings.